The Morgan fingerprint density at radius 3 is 2.70 bits per heavy atom. The summed E-state index contributed by atoms with van der Waals surface area (Å²) in [7, 11) is 1.36. The molecule has 0 saturated carbocycles. The van der Waals surface area contributed by atoms with Crippen LogP contribution in [0.3, 0.4) is 0 Å². The molecule has 2 fully saturated rings. The Morgan fingerprint density at radius 1 is 1.15 bits per heavy atom. The number of para-hydroxylation sites is 1. The molecule has 3 atom stereocenters. The molecule has 9 nitrogen and oxygen atoms in total. The number of anilines is 2. The quantitative estimate of drug-likeness (QED) is 0.580. The van der Waals surface area contributed by atoms with Crippen molar-refractivity contribution in [3.63, 3.8) is 0 Å². The SMILES string of the molecule is COC(=O)c1ccc([C@@H]2CN(c3cc(-c4ccccc4O)nnc3N)[C@@H]3COC[C@@H]3O2)cc1. The van der Waals surface area contributed by atoms with Gasteiger partial charge in [-0.2, -0.15) is 0 Å². The number of carbonyl (C=O) groups is 1. The molecule has 2 aromatic carbocycles. The van der Waals surface area contributed by atoms with Crippen LogP contribution in [0, 0.1) is 0 Å². The summed E-state index contributed by atoms with van der Waals surface area (Å²) in [6.45, 7) is 1.49. The largest absolute Gasteiger partial charge is 0.507 e. The van der Waals surface area contributed by atoms with E-state index in [-0.39, 0.29) is 30.0 Å². The molecule has 9 heteroatoms. The highest BCUT2D eigenvalue weighted by Crippen LogP contribution is 2.38. The number of nitrogens with two attached hydrogens (primary N) is 1. The minimum atomic E-state index is -0.385. The van der Waals surface area contributed by atoms with E-state index in [9.17, 15) is 9.90 Å². The van der Waals surface area contributed by atoms with E-state index in [0.717, 1.165) is 5.56 Å². The lowest BCUT2D eigenvalue weighted by molar-refractivity contribution is -0.0397. The number of morpholine rings is 1. The van der Waals surface area contributed by atoms with E-state index >= 15 is 0 Å². The van der Waals surface area contributed by atoms with Gasteiger partial charge in [-0.05, 0) is 35.9 Å². The number of hydrogen-bond donors (Lipinski definition) is 2. The molecule has 3 N–H and O–H groups in total. The molecule has 5 rings (SSSR count). The summed E-state index contributed by atoms with van der Waals surface area (Å²) < 4.78 is 16.9. The van der Waals surface area contributed by atoms with Crippen LogP contribution in [0.2, 0.25) is 0 Å². The lowest BCUT2D eigenvalue weighted by Gasteiger charge is -2.42. The fraction of sp³-hybridized carbons (Fsp3) is 0.292. The Labute approximate surface area is 190 Å². The van der Waals surface area contributed by atoms with Crippen LogP contribution < -0.4 is 10.6 Å². The Hall–Kier alpha value is -3.69. The topological polar surface area (TPSA) is 120 Å². The van der Waals surface area contributed by atoms with Crippen LogP contribution in [0.15, 0.2) is 54.6 Å². The fourth-order valence-electron chi connectivity index (χ4n) is 4.37. The third kappa shape index (κ3) is 3.96. The first-order valence-electron chi connectivity index (χ1n) is 10.6. The van der Waals surface area contributed by atoms with Crippen molar-refractivity contribution in [2.75, 3.05) is 37.5 Å². The molecule has 2 saturated heterocycles. The highest BCUT2D eigenvalue weighted by atomic mass is 16.6. The van der Waals surface area contributed by atoms with Crippen molar-refractivity contribution in [2.24, 2.45) is 0 Å². The maximum absolute atomic E-state index is 11.8. The maximum Gasteiger partial charge on any atom is 0.337 e. The van der Waals surface area contributed by atoms with Crippen molar-refractivity contribution in [1.29, 1.82) is 0 Å². The molecule has 0 bridgehead atoms. The standard InChI is InChI=1S/C24H24N4O5/c1-31-24(30)15-8-6-14(7-9-15)21-11-28(19-12-32-13-22(19)33-21)18-10-17(26-27-23(18)25)16-4-2-3-5-20(16)29/h2-10,19,21-22,29H,11-13H2,1H3,(H2,25,27)/t19-,21+,22+/m1/s1. The number of fused-ring (bicyclic) bond motifs is 1. The minimum Gasteiger partial charge on any atom is -0.507 e. The predicted molar refractivity (Wildman–Crippen MR) is 121 cm³/mol. The van der Waals surface area contributed by atoms with Gasteiger partial charge in [-0.25, -0.2) is 4.79 Å². The molecule has 0 spiro atoms. The molecule has 33 heavy (non-hydrogen) atoms. The number of benzene rings is 2. The first-order valence-corrected chi connectivity index (χ1v) is 10.6. The van der Waals surface area contributed by atoms with Gasteiger partial charge in [-0.1, -0.05) is 24.3 Å². The van der Waals surface area contributed by atoms with Gasteiger partial charge in [0.05, 0.1) is 43.3 Å². The second-order valence-electron chi connectivity index (χ2n) is 8.05. The monoisotopic (exact) mass is 448 g/mol. The number of methoxy groups -OCH3 is 1. The number of hydrogen-bond acceptors (Lipinski definition) is 9. The highest BCUT2D eigenvalue weighted by Gasteiger charge is 2.42. The number of esters is 1. The Bertz CT molecular complexity index is 1170. The van der Waals surface area contributed by atoms with Crippen LogP contribution in [-0.2, 0) is 14.2 Å². The molecular formula is C24H24N4O5. The van der Waals surface area contributed by atoms with Gasteiger partial charge in [-0.15, -0.1) is 10.2 Å². The predicted octanol–water partition coefficient (Wildman–Crippen LogP) is 2.56. The van der Waals surface area contributed by atoms with Crippen molar-refractivity contribution in [3.05, 3.63) is 65.7 Å². The number of ether oxygens (including phenoxy) is 3. The zero-order valence-corrected chi connectivity index (χ0v) is 18.0. The van der Waals surface area contributed by atoms with Crippen molar-refractivity contribution in [2.45, 2.75) is 18.2 Å². The van der Waals surface area contributed by atoms with E-state index in [2.05, 4.69) is 15.1 Å². The molecule has 3 heterocycles. The molecule has 1 aromatic heterocycles. The van der Waals surface area contributed by atoms with Crippen molar-refractivity contribution in [3.8, 4) is 17.0 Å². The number of aromatic nitrogens is 2. The summed E-state index contributed by atoms with van der Waals surface area (Å²) in [4.78, 5) is 13.9. The lowest BCUT2D eigenvalue weighted by atomic mass is 10.0. The molecule has 170 valence electrons. The van der Waals surface area contributed by atoms with Crippen LogP contribution in [0.5, 0.6) is 5.75 Å². The molecule has 2 aliphatic rings. The first kappa shape index (κ1) is 21.2. The van der Waals surface area contributed by atoms with E-state index < -0.39 is 0 Å². The van der Waals surface area contributed by atoms with E-state index in [1.807, 2.05) is 24.3 Å². The number of phenolic OH excluding ortho intramolecular Hbond substituents is 1. The summed E-state index contributed by atoms with van der Waals surface area (Å²) in [6, 6.07) is 16.0. The molecule has 3 aromatic rings. The average Bonchev–Trinajstić information content (AvgIpc) is 3.33. The van der Waals surface area contributed by atoms with Gasteiger partial charge in [0.2, 0.25) is 0 Å². The number of phenols is 1. The molecule has 2 aliphatic heterocycles. The van der Waals surface area contributed by atoms with E-state index in [0.29, 0.717) is 48.1 Å². The second-order valence-corrected chi connectivity index (χ2v) is 8.05. The molecule has 0 radical (unpaired) electrons. The molecular weight excluding hydrogens is 424 g/mol. The van der Waals surface area contributed by atoms with Gasteiger partial charge in [-0.3, -0.25) is 0 Å². The fourth-order valence-corrected chi connectivity index (χ4v) is 4.37. The summed E-state index contributed by atoms with van der Waals surface area (Å²) in [5.74, 6) is 0.0287. The van der Waals surface area contributed by atoms with Gasteiger partial charge in [0.25, 0.3) is 0 Å². The van der Waals surface area contributed by atoms with Gasteiger partial charge >= 0.3 is 5.97 Å². The van der Waals surface area contributed by atoms with E-state index in [4.69, 9.17) is 19.9 Å². The van der Waals surface area contributed by atoms with Gasteiger partial charge in [0.15, 0.2) is 5.82 Å². The maximum atomic E-state index is 11.8. The zero-order chi connectivity index (χ0) is 22.9. The Morgan fingerprint density at radius 2 is 1.94 bits per heavy atom. The summed E-state index contributed by atoms with van der Waals surface area (Å²) >= 11 is 0. The molecule has 0 unspecified atom stereocenters. The third-order valence-electron chi connectivity index (χ3n) is 6.10. The van der Waals surface area contributed by atoms with Crippen molar-refractivity contribution < 1.29 is 24.1 Å². The molecule has 0 aliphatic carbocycles. The van der Waals surface area contributed by atoms with Crippen LogP contribution in [0.4, 0.5) is 11.5 Å². The third-order valence-corrected chi connectivity index (χ3v) is 6.10. The van der Waals surface area contributed by atoms with Gasteiger partial charge in [0, 0.05) is 12.1 Å². The number of nitrogen functional groups attached to an aromatic ring is 1. The van der Waals surface area contributed by atoms with Crippen LogP contribution >= 0.6 is 0 Å². The minimum absolute atomic E-state index is 0.0284. The number of aromatic hydroxyl groups is 1. The number of nitrogens with zero attached hydrogens (tertiary/aromatic N) is 3. The van der Waals surface area contributed by atoms with Crippen molar-refractivity contribution in [1.82, 2.24) is 10.2 Å². The van der Waals surface area contributed by atoms with Gasteiger partial charge < -0.3 is 30.0 Å². The smallest absolute Gasteiger partial charge is 0.337 e. The first-order chi connectivity index (χ1) is 16.0. The summed E-state index contributed by atoms with van der Waals surface area (Å²) in [6.07, 6.45) is -0.411. The van der Waals surface area contributed by atoms with Crippen molar-refractivity contribution >= 4 is 17.5 Å². The summed E-state index contributed by atoms with van der Waals surface area (Å²) in [5, 5.41) is 18.6. The van der Waals surface area contributed by atoms with Gasteiger partial charge in [0.1, 0.15) is 18.0 Å². The molecule has 0 amide bonds. The number of carbonyl (C=O) groups excluding carboxylic acids is 1. The highest BCUT2D eigenvalue weighted by molar-refractivity contribution is 5.89. The normalized spacial score (nSPS) is 22.1. The van der Waals surface area contributed by atoms with Crippen LogP contribution in [0.1, 0.15) is 22.0 Å². The Kier molecular flexibility index (Phi) is 5.57. The second kappa shape index (κ2) is 8.68. The zero-order valence-electron chi connectivity index (χ0n) is 18.0. The van der Waals surface area contributed by atoms with Crippen LogP contribution in [0.25, 0.3) is 11.3 Å². The number of rotatable bonds is 4. The van der Waals surface area contributed by atoms with E-state index in [1.54, 1.807) is 30.3 Å². The average molecular weight is 448 g/mol. The summed E-state index contributed by atoms with van der Waals surface area (Å²) in [5.41, 5.74) is 9.48. The van der Waals surface area contributed by atoms with Crippen LogP contribution in [-0.4, -0.2) is 60.3 Å². The Balaban J connectivity index is 1.49. The lowest BCUT2D eigenvalue weighted by Crippen LogP contribution is -2.52. The van der Waals surface area contributed by atoms with E-state index in [1.165, 1.54) is 7.11 Å².